The number of hydrogen-bond donors (Lipinski definition) is 1. The molecule has 0 bridgehead atoms. The molecular formula is C10H3Cl4NO2. The molecule has 3 nitrogen and oxygen atoms in total. The van der Waals surface area contributed by atoms with E-state index in [1.807, 2.05) is 0 Å². The Kier molecular flexibility index (Phi) is 4.67. The first-order valence-corrected chi connectivity index (χ1v) is 5.57. The molecule has 0 amide bonds. The summed E-state index contributed by atoms with van der Waals surface area (Å²) in [6, 6.07) is 2.99. The van der Waals surface area contributed by atoms with Crippen LogP contribution >= 0.6 is 46.4 Å². The summed E-state index contributed by atoms with van der Waals surface area (Å²) >= 11 is 23.2. The summed E-state index contributed by atoms with van der Waals surface area (Å²) in [5.41, 5.74) is -0.0427. The Labute approximate surface area is 117 Å². The van der Waals surface area contributed by atoms with Crippen molar-refractivity contribution in [1.29, 1.82) is 5.26 Å². The average Bonchev–Trinajstić information content (AvgIpc) is 2.28. The van der Waals surface area contributed by atoms with Crippen molar-refractivity contribution in [3.8, 4) is 6.07 Å². The Morgan fingerprint density at radius 2 is 1.82 bits per heavy atom. The highest BCUT2D eigenvalue weighted by atomic mass is 35.5. The number of carbonyl (C=O) groups is 1. The second kappa shape index (κ2) is 5.61. The van der Waals surface area contributed by atoms with E-state index in [2.05, 4.69) is 0 Å². The summed E-state index contributed by atoms with van der Waals surface area (Å²) in [7, 11) is 0. The van der Waals surface area contributed by atoms with Gasteiger partial charge in [0.15, 0.2) is 0 Å². The molecule has 0 aliphatic heterocycles. The fourth-order valence-electron chi connectivity index (χ4n) is 1.06. The lowest BCUT2D eigenvalue weighted by atomic mass is 10.1. The maximum Gasteiger partial charge on any atom is 0.329 e. The van der Waals surface area contributed by atoms with Crippen LogP contribution in [-0.4, -0.2) is 11.1 Å². The largest absolute Gasteiger partial charge is 0.478 e. The van der Waals surface area contributed by atoms with Gasteiger partial charge in [0, 0.05) is 11.6 Å². The molecule has 0 radical (unpaired) electrons. The first kappa shape index (κ1) is 14.1. The summed E-state index contributed by atoms with van der Waals surface area (Å²) in [4.78, 5) is 10.5. The topological polar surface area (TPSA) is 61.1 Å². The molecule has 0 fully saturated rings. The third-order valence-electron chi connectivity index (χ3n) is 1.78. The van der Waals surface area contributed by atoms with E-state index in [4.69, 9.17) is 56.8 Å². The van der Waals surface area contributed by atoms with E-state index in [0.29, 0.717) is 6.08 Å². The monoisotopic (exact) mass is 309 g/mol. The van der Waals surface area contributed by atoms with Crippen molar-refractivity contribution in [3.05, 3.63) is 37.8 Å². The highest BCUT2D eigenvalue weighted by molar-refractivity contribution is 6.52. The van der Waals surface area contributed by atoms with Crippen LogP contribution in [0.2, 0.25) is 20.1 Å². The zero-order valence-corrected chi connectivity index (χ0v) is 11.0. The molecule has 1 aromatic carbocycles. The zero-order chi connectivity index (χ0) is 13.2. The number of nitriles is 1. The van der Waals surface area contributed by atoms with Gasteiger partial charge in [-0.25, -0.2) is 4.79 Å². The van der Waals surface area contributed by atoms with Gasteiger partial charge in [0.1, 0.15) is 6.07 Å². The number of halogens is 4. The molecule has 88 valence electrons. The number of benzene rings is 1. The number of hydrogen-bond acceptors (Lipinski definition) is 2. The Bertz CT molecular complexity index is 560. The van der Waals surface area contributed by atoms with Crippen molar-refractivity contribution < 1.29 is 9.90 Å². The van der Waals surface area contributed by atoms with Crippen LogP contribution in [0.1, 0.15) is 5.56 Å². The SMILES string of the molecule is N#CC(=CC(=O)O)c1cc(Cl)c(Cl)c(Cl)c1Cl. The zero-order valence-electron chi connectivity index (χ0n) is 7.97. The van der Waals surface area contributed by atoms with Crippen molar-refractivity contribution in [2.45, 2.75) is 0 Å². The van der Waals surface area contributed by atoms with Crippen molar-refractivity contribution in [3.63, 3.8) is 0 Å². The first-order valence-electron chi connectivity index (χ1n) is 4.06. The summed E-state index contributed by atoms with van der Waals surface area (Å²) in [5, 5.41) is 17.5. The fourth-order valence-corrected chi connectivity index (χ4v) is 1.97. The van der Waals surface area contributed by atoms with Crippen molar-refractivity contribution in [2.75, 3.05) is 0 Å². The maximum absolute atomic E-state index is 10.5. The Morgan fingerprint density at radius 3 is 2.29 bits per heavy atom. The predicted molar refractivity (Wildman–Crippen MR) is 67.7 cm³/mol. The van der Waals surface area contributed by atoms with Crippen LogP contribution in [0, 0.1) is 11.3 Å². The number of carboxylic acids is 1. The summed E-state index contributed by atoms with van der Waals surface area (Å²) < 4.78 is 0. The molecule has 1 aromatic rings. The molecular weight excluding hydrogens is 308 g/mol. The van der Waals surface area contributed by atoms with Crippen LogP contribution in [0.3, 0.4) is 0 Å². The standard InChI is InChI=1S/C10H3Cl4NO2/c11-6-2-5(4(3-15)1-7(16)17)8(12)10(14)9(6)13/h1-2H,(H,16,17). The van der Waals surface area contributed by atoms with E-state index in [1.165, 1.54) is 6.07 Å². The molecule has 0 aliphatic rings. The summed E-state index contributed by atoms with van der Waals surface area (Å²) in [6.07, 6.45) is 0.710. The molecule has 0 aliphatic carbocycles. The number of rotatable bonds is 2. The Balaban J connectivity index is 3.53. The van der Waals surface area contributed by atoms with Gasteiger partial charge >= 0.3 is 5.97 Å². The minimum absolute atomic E-state index is 0.0184. The molecule has 1 N–H and O–H groups in total. The van der Waals surface area contributed by atoms with Crippen molar-refractivity contribution >= 4 is 57.9 Å². The molecule has 0 unspecified atom stereocenters. The number of aliphatic carboxylic acids is 1. The minimum atomic E-state index is -1.28. The predicted octanol–water partition coefficient (Wildman–Crippen LogP) is 4.29. The maximum atomic E-state index is 10.5. The van der Waals surface area contributed by atoms with Crippen molar-refractivity contribution in [2.24, 2.45) is 0 Å². The fraction of sp³-hybridized carbons (Fsp3) is 0. The summed E-state index contributed by atoms with van der Waals surface area (Å²) in [6.45, 7) is 0. The van der Waals surface area contributed by atoms with Gasteiger partial charge in [-0.05, 0) is 6.07 Å². The molecule has 1 rings (SSSR count). The highest BCUT2D eigenvalue weighted by Crippen LogP contribution is 2.40. The van der Waals surface area contributed by atoms with E-state index >= 15 is 0 Å². The van der Waals surface area contributed by atoms with E-state index in [0.717, 1.165) is 0 Å². The second-order valence-electron chi connectivity index (χ2n) is 2.86. The van der Waals surface area contributed by atoms with E-state index in [9.17, 15) is 4.79 Å². The highest BCUT2D eigenvalue weighted by Gasteiger charge is 2.16. The second-order valence-corrected chi connectivity index (χ2v) is 4.40. The molecule has 0 heterocycles. The number of allylic oxidation sites excluding steroid dienone is 1. The number of nitrogens with zero attached hydrogens (tertiary/aromatic N) is 1. The quantitative estimate of drug-likeness (QED) is 0.383. The van der Waals surface area contributed by atoms with Gasteiger partial charge in [0.05, 0.1) is 25.7 Å². The third-order valence-corrected chi connectivity index (χ3v) is 3.53. The van der Waals surface area contributed by atoms with Gasteiger partial charge in [-0.1, -0.05) is 46.4 Å². The molecule has 0 saturated carbocycles. The minimum Gasteiger partial charge on any atom is -0.478 e. The van der Waals surface area contributed by atoms with Gasteiger partial charge in [-0.2, -0.15) is 5.26 Å². The van der Waals surface area contributed by atoms with Crippen LogP contribution in [0.25, 0.3) is 5.57 Å². The number of carboxylic acid groups (broad SMARTS) is 1. The first-order chi connectivity index (χ1) is 7.88. The van der Waals surface area contributed by atoms with Gasteiger partial charge in [0.25, 0.3) is 0 Å². The lowest BCUT2D eigenvalue weighted by Crippen LogP contribution is -1.93. The van der Waals surface area contributed by atoms with E-state index in [1.54, 1.807) is 6.07 Å². The lowest BCUT2D eigenvalue weighted by Gasteiger charge is -2.07. The van der Waals surface area contributed by atoms with Crippen LogP contribution < -0.4 is 0 Å². The van der Waals surface area contributed by atoms with Crippen LogP contribution in [0.4, 0.5) is 0 Å². The lowest BCUT2D eigenvalue weighted by molar-refractivity contribution is -0.131. The normalized spacial score (nSPS) is 11.1. The Hall–Kier alpha value is -0.920. The van der Waals surface area contributed by atoms with Crippen molar-refractivity contribution in [1.82, 2.24) is 0 Å². The third kappa shape index (κ3) is 3.05. The molecule has 17 heavy (non-hydrogen) atoms. The molecule has 0 aromatic heterocycles. The van der Waals surface area contributed by atoms with E-state index in [-0.39, 0.29) is 31.2 Å². The van der Waals surface area contributed by atoms with E-state index < -0.39 is 5.97 Å². The van der Waals surface area contributed by atoms with Gasteiger partial charge in [-0.3, -0.25) is 0 Å². The summed E-state index contributed by atoms with van der Waals surface area (Å²) in [5.74, 6) is -1.28. The molecule has 0 spiro atoms. The molecule has 0 atom stereocenters. The van der Waals surface area contributed by atoms with Crippen LogP contribution in [-0.2, 0) is 4.79 Å². The van der Waals surface area contributed by atoms with Gasteiger partial charge < -0.3 is 5.11 Å². The van der Waals surface area contributed by atoms with Gasteiger partial charge in [-0.15, -0.1) is 0 Å². The van der Waals surface area contributed by atoms with Crippen LogP contribution in [0.5, 0.6) is 0 Å². The van der Waals surface area contributed by atoms with Crippen LogP contribution in [0.15, 0.2) is 12.1 Å². The molecule has 0 saturated heterocycles. The Morgan fingerprint density at radius 1 is 1.24 bits per heavy atom. The smallest absolute Gasteiger partial charge is 0.329 e. The average molecular weight is 311 g/mol. The molecule has 7 heteroatoms. The van der Waals surface area contributed by atoms with Gasteiger partial charge in [0.2, 0.25) is 0 Å².